The summed E-state index contributed by atoms with van der Waals surface area (Å²) in [6.07, 6.45) is 4.39. The number of halogens is 1. The van der Waals surface area contributed by atoms with Gasteiger partial charge in [-0.3, -0.25) is 0 Å². The minimum atomic E-state index is -0.228. The van der Waals surface area contributed by atoms with Gasteiger partial charge >= 0.3 is 0 Å². The van der Waals surface area contributed by atoms with E-state index in [9.17, 15) is 4.39 Å². The molecule has 0 aromatic carbocycles. The van der Waals surface area contributed by atoms with Crippen molar-refractivity contribution in [3.63, 3.8) is 0 Å². The average Bonchev–Trinajstić information content (AvgIpc) is 2.37. The first-order valence-electron chi connectivity index (χ1n) is 6.44. The number of aromatic nitrogens is 1. The molecule has 3 nitrogen and oxygen atoms in total. The van der Waals surface area contributed by atoms with Gasteiger partial charge in [0, 0.05) is 31.4 Å². The van der Waals surface area contributed by atoms with Crippen LogP contribution >= 0.6 is 0 Å². The van der Waals surface area contributed by atoms with Crippen LogP contribution in [0.2, 0.25) is 0 Å². The van der Waals surface area contributed by atoms with Crippen molar-refractivity contribution >= 4 is 5.82 Å². The van der Waals surface area contributed by atoms with E-state index >= 15 is 0 Å². The maximum absolute atomic E-state index is 14.3. The average molecular weight is 251 g/mol. The summed E-state index contributed by atoms with van der Waals surface area (Å²) in [7, 11) is 0. The lowest BCUT2D eigenvalue weighted by Gasteiger charge is -2.22. The van der Waals surface area contributed by atoms with E-state index in [-0.39, 0.29) is 5.82 Å². The first kappa shape index (κ1) is 14.6. The lowest BCUT2D eigenvalue weighted by atomic mass is 10.2. The summed E-state index contributed by atoms with van der Waals surface area (Å²) >= 11 is 0. The Morgan fingerprint density at radius 3 is 2.89 bits per heavy atom. The molecule has 0 bridgehead atoms. The Hall–Kier alpha value is -1.42. The van der Waals surface area contributed by atoms with Crippen LogP contribution in [0.4, 0.5) is 10.2 Å². The third kappa shape index (κ3) is 3.81. The lowest BCUT2D eigenvalue weighted by Crippen LogP contribution is -2.27. The molecule has 1 rings (SSSR count). The van der Waals surface area contributed by atoms with Gasteiger partial charge in [0.25, 0.3) is 0 Å². The summed E-state index contributed by atoms with van der Waals surface area (Å²) in [6, 6.07) is 1.72. The maximum Gasteiger partial charge on any atom is 0.170 e. The van der Waals surface area contributed by atoms with Gasteiger partial charge in [-0.15, -0.1) is 6.58 Å². The third-order valence-electron chi connectivity index (χ3n) is 2.66. The molecule has 0 saturated carbocycles. The summed E-state index contributed by atoms with van der Waals surface area (Å²) in [5.74, 6) is 0.195. The van der Waals surface area contributed by atoms with Crippen LogP contribution < -0.4 is 10.2 Å². The largest absolute Gasteiger partial charge is 0.350 e. The van der Waals surface area contributed by atoms with Crippen LogP contribution in [-0.4, -0.2) is 24.6 Å². The van der Waals surface area contributed by atoms with Crippen LogP contribution in [0.25, 0.3) is 0 Å². The van der Waals surface area contributed by atoms with E-state index in [1.165, 1.54) is 0 Å². The predicted octanol–water partition coefficient (Wildman–Crippen LogP) is 2.73. The van der Waals surface area contributed by atoms with Crippen LogP contribution in [0.1, 0.15) is 25.8 Å². The van der Waals surface area contributed by atoms with Crippen LogP contribution in [0.3, 0.4) is 0 Å². The Morgan fingerprint density at radius 2 is 2.28 bits per heavy atom. The molecule has 0 aliphatic heterocycles. The number of hydrogen-bond acceptors (Lipinski definition) is 3. The lowest BCUT2D eigenvalue weighted by molar-refractivity contribution is 0.580. The van der Waals surface area contributed by atoms with Gasteiger partial charge in [-0.25, -0.2) is 9.37 Å². The predicted molar refractivity (Wildman–Crippen MR) is 74.3 cm³/mol. The van der Waals surface area contributed by atoms with E-state index < -0.39 is 0 Å². The van der Waals surface area contributed by atoms with Crippen molar-refractivity contribution in [3.8, 4) is 0 Å². The quantitative estimate of drug-likeness (QED) is 0.720. The van der Waals surface area contributed by atoms with Crippen molar-refractivity contribution in [3.05, 3.63) is 36.3 Å². The molecule has 0 unspecified atom stereocenters. The Labute approximate surface area is 109 Å². The fraction of sp³-hybridized carbons (Fsp3) is 0.500. The minimum Gasteiger partial charge on any atom is -0.350 e. The number of anilines is 1. The zero-order chi connectivity index (χ0) is 13.4. The molecule has 0 spiro atoms. The van der Waals surface area contributed by atoms with E-state index in [1.807, 2.05) is 11.8 Å². The van der Waals surface area contributed by atoms with E-state index in [1.54, 1.807) is 18.3 Å². The molecule has 1 aromatic rings. The summed E-state index contributed by atoms with van der Waals surface area (Å²) in [6.45, 7) is 10.5. The normalized spacial score (nSPS) is 10.4. The number of rotatable bonds is 8. The third-order valence-corrected chi connectivity index (χ3v) is 2.66. The van der Waals surface area contributed by atoms with E-state index in [2.05, 4.69) is 23.8 Å². The second kappa shape index (κ2) is 7.82. The van der Waals surface area contributed by atoms with Gasteiger partial charge in [0.2, 0.25) is 0 Å². The van der Waals surface area contributed by atoms with Gasteiger partial charge in [0.15, 0.2) is 11.6 Å². The molecular weight excluding hydrogens is 229 g/mol. The Balaban J connectivity index is 2.95. The first-order chi connectivity index (χ1) is 8.74. The highest BCUT2D eigenvalue weighted by Gasteiger charge is 2.14. The number of hydrogen-bond donors (Lipinski definition) is 1. The Kier molecular flexibility index (Phi) is 6.36. The summed E-state index contributed by atoms with van der Waals surface area (Å²) < 4.78 is 14.3. The highest BCUT2D eigenvalue weighted by atomic mass is 19.1. The van der Waals surface area contributed by atoms with Crippen LogP contribution in [0, 0.1) is 5.82 Å². The molecule has 1 N–H and O–H groups in total. The molecule has 0 radical (unpaired) electrons. The van der Waals surface area contributed by atoms with E-state index in [0.717, 1.165) is 19.5 Å². The van der Waals surface area contributed by atoms with Crippen molar-refractivity contribution in [1.29, 1.82) is 0 Å². The van der Waals surface area contributed by atoms with Gasteiger partial charge in [0.05, 0.1) is 0 Å². The molecule has 100 valence electrons. The van der Waals surface area contributed by atoms with Crippen molar-refractivity contribution in [1.82, 2.24) is 10.3 Å². The second-order valence-corrected chi connectivity index (χ2v) is 4.12. The molecule has 0 atom stereocenters. The maximum atomic E-state index is 14.3. The minimum absolute atomic E-state index is 0.228. The molecule has 0 amide bonds. The first-order valence-corrected chi connectivity index (χ1v) is 6.44. The molecule has 18 heavy (non-hydrogen) atoms. The fourth-order valence-electron chi connectivity index (χ4n) is 1.80. The Morgan fingerprint density at radius 1 is 1.50 bits per heavy atom. The SMILES string of the molecule is C=CCN(CCC)c1nccc(CNCC)c1F. The topological polar surface area (TPSA) is 28.2 Å². The molecule has 4 heteroatoms. The van der Waals surface area contributed by atoms with Gasteiger partial charge < -0.3 is 10.2 Å². The molecule has 0 aliphatic carbocycles. The number of pyridine rings is 1. The van der Waals surface area contributed by atoms with Gasteiger partial charge in [-0.2, -0.15) is 0 Å². The Bertz CT molecular complexity index is 379. The molecule has 0 saturated heterocycles. The van der Waals surface area contributed by atoms with E-state index in [0.29, 0.717) is 24.5 Å². The highest BCUT2D eigenvalue weighted by Crippen LogP contribution is 2.19. The highest BCUT2D eigenvalue weighted by molar-refractivity contribution is 5.43. The van der Waals surface area contributed by atoms with Gasteiger partial charge in [-0.1, -0.05) is 19.9 Å². The van der Waals surface area contributed by atoms with Gasteiger partial charge in [-0.05, 0) is 19.0 Å². The van der Waals surface area contributed by atoms with Crippen molar-refractivity contribution in [2.75, 3.05) is 24.5 Å². The molecule has 0 fully saturated rings. The van der Waals surface area contributed by atoms with Gasteiger partial charge in [0.1, 0.15) is 0 Å². The van der Waals surface area contributed by atoms with Crippen LogP contribution in [0.5, 0.6) is 0 Å². The summed E-state index contributed by atoms with van der Waals surface area (Å²) in [4.78, 5) is 6.07. The van der Waals surface area contributed by atoms with E-state index in [4.69, 9.17) is 0 Å². The molecule has 1 aromatic heterocycles. The molecular formula is C14H22FN3. The van der Waals surface area contributed by atoms with Crippen LogP contribution in [0.15, 0.2) is 24.9 Å². The standard InChI is InChI=1S/C14H22FN3/c1-4-9-18(10-5-2)14-13(15)12(7-8-17-14)11-16-6-3/h4,7-8,16H,1,5-6,9-11H2,2-3H3. The monoisotopic (exact) mass is 251 g/mol. The molecule has 0 aliphatic rings. The molecule has 1 heterocycles. The number of nitrogens with zero attached hydrogens (tertiary/aromatic N) is 2. The summed E-state index contributed by atoms with van der Waals surface area (Å²) in [5, 5.41) is 3.13. The summed E-state index contributed by atoms with van der Waals surface area (Å²) in [5.41, 5.74) is 0.659. The zero-order valence-corrected chi connectivity index (χ0v) is 11.2. The zero-order valence-electron chi connectivity index (χ0n) is 11.2. The number of nitrogens with one attached hydrogen (secondary N) is 1. The smallest absolute Gasteiger partial charge is 0.170 e. The van der Waals surface area contributed by atoms with Crippen molar-refractivity contribution < 1.29 is 4.39 Å². The second-order valence-electron chi connectivity index (χ2n) is 4.12. The van der Waals surface area contributed by atoms with Crippen molar-refractivity contribution in [2.24, 2.45) is 0 Å². The van der Waals surface area contributed by atoms with Crippen LogP contribution in [-0.2, 0) is 6.54 Å². The van der Waals surface area contributed by atoms with Crippen molar-refractivity contribution in [2.45, 2.75) is 26.8 Å². The fourth-order valence-corrected chi connectivity index (χ4v) is 1.80.